The summed E-state index contributed by atoms with van der Waals surface area (Å²) in [6.07, 6.45) is 0. The molecule has 0 fully saturated rings. The lowest BCUT2D eigenvalue weighted by Crippen LogP contribution is -2.44. The molecule has 0 unspecified atom stereocenters. The zero-order chi connectivity index (χ0) is 18.6. The highest BCUT2D eigenvalue weighted by Crippen LogP contribution is 2.24. The molecule has 1 amide bonds. The van der Waals surface area contributed by atoms with Crippen molar-refractivity contribution >= 4 is 39.1 Å². The second-order valence-corrected chi connectivity index (χ2v) is 7.75. The first-order valence-corrected chi connectivity index (χ1v) is 9.00. The Hall–Kier alpha value is -2.16. The Kier molecular flexibility index (Phi) is 5.99. The Balaban J connectivity index is 2.33. The van der Waals surface area contributed by atoms with Gasteiger partial charge in [0, 0.05) is 14.1 Å². The summed E-state index contributed by atoms with van der Waals surface area (Å²) in [4.78, 5) is 12.3. The first kappa shape index (κ1) is 19.2. The first-order valence-electron chi connectivity index (χ1n) is 7.22. The molecule has 0 atom stereocenters. The van der Waals surface area contributed by atoms with E-state index < -0.39 is 28.5 Å². The molecule has 0 spiro atoms. The number of anilines is 2. The van der Waals surface area contributed by atoms with Crippen LogP contribution in [-0.4, -0.2) is 39.3 Å². The number of carbonyl (C=O) groups excluding carboxylic acids is 1. The van der Waals surface area contributed by atoms with Crippen LogP contribution in [0.3, 0.4) is 0 Å². The Bertz CT molecular complexity index is 874. The van der Waals surface area contributed by atoms with E-state index in [1.54, 1.807) is 24.3 Å². The van der Waals surface area contributed by atoms with Crippen molar-refractivity contribution < 1.29 is 17.6 Å². The van der Waals surface area contributed by atoms with Crippen LogP contribution in [-0.2, 0) is 15.0 Å². The minimum Gasteiger partial charge on any atom is -0.323 e. The minimum absolute atomic E-state index is 0.217. The number of para-hydroxylation sites is 2. The van der Waals surface area contributed by atoms with Crippen molar-refractivity contribution in [3.63, 3.8) is 0 Å². The zero-order valence-electron chi connectivity index (χ0n) is 13.6. The topological polar surface area (TPSA) is 69.7 Å². The highest BCUT2D eigenvalue weighted by Gasteiger charge is 2.29. The summed E-state index contributed by atoms with van der Waals surface area (Å²) in [7, 11) is -1.48. The van der Waals surface area contributed by atoms with Gasteiger partial charge in [0.1, 0.15) is 12.4 Å². The molecule has 0 aliphatic carbocycles. The van der Waals surface area contributed by atoms with Gasteiger partial charge in [0.15, 0.2) is 0 Å². The maximum atomic E-state index is 14.1. The monoisotopic (exact) mass is 385 g/mol. The third-order valence-corrected chi connectivity index (χ3v) is 5.43. The largest absolute Gasteiger partial charge is 0.323 e. The molecule has 2 aromatic rings. The van der Waals surface area contributed by atoms with Gasteiger partial charge in [0.25, 0.3) is 0 Å². The van der Waals surface area contributed by atoms with Crippen LogP contribution < -0.4 is 9.62 Å². The van der Waals surface area contributed by atoms with E-state index in [1.807, 2.05) is 0 Å². The van der Waals surface area contributed by atoms with Crippen LogP contribution in [0.5, 0.6) is 0 Å². The van der Waals surface area contributed by atoms with Gasteiger partial charge in [-0.15, -0.1) is 0 Å². The fraction of sp³-hybridized carbons (Fsp3) is 0.188. The van der Waals surface area contributed by atoms with Gasteiger partial charge < -0.3 is 5.32 Å². The smallest absolute Gasteiger partial charge is 0.304 e. The SMILES string of the molecule is CN(C)S(=O)(=O)N(CC(=O)Nc1ccccc1Cl)c1ccccc1F. The molecule has 134 valence electrons. The van der Waals surface area contributed by atoms with Gasteiger partial charge in [-0.1, -0.05) is 35.9 Å². The summed E-state index contributed by atoms with van der Waals surface area (Å²) in [6, 6.07) is 11.9. The molecule has 0 aromatic heterocycles. The lowest BCUT2D eigenvalue weighted by molar-refractivity contribution is -0.114. The summed E-state index contributed by atoms with van der Waals surface area (Å²) in [5.41, 5.74) is 0.121. The summed E-state index contributed by atoms with van der Waals surface area (Å²) in [5.74, 6) is -1.40. The van der Waals surface area contributed by atoms with Crippen molar-refractivity contribution in [2.24, 2.45) is 0 Å². The lowest BCUT2D eigenvalue weighted by atomic mass is 10.3. The van der Waals surface area contributed by atoms with Gasteiger partial charge in [0.05, 0.1) is 16.4 Å². The van der Waals surface area contributed by atoms with E-state index in [2.05, 4.69) is 5.32 Å². The average Bonchev–Trinajstić information content (AvgIpc) is 2.55. The molecule has 25 heavy (non-hydrogen) atoms. The van der Waals surface area contributed by atoms with Crippen LogP contribution in [0.1, 0.15) is 0 Å². The fourth-order valence-electron chi connectivity index (χ4n) is 2.02. The predicted molar refractivity (Wildman–Crippen MR) is 96.4 cm³/mol. The highest BCUT2D eigenvalue weighted by atomic mass is 35.5. The van der Waals surface area contributed by atoms with Crippen LogP contribution >= 0.6 is 11.6 Å². The standard InChI is InChI=1S/C16H17ClFN3O3S/c1-20(2)25(23,24)21(15-10-6-4-8-13(15)18)11-16(22)19-14-9-5-3-7-12(14)17/h3-10H,11H2,1-2H3,(H,19,22). The molecule has 0 saturated heterocycles. The van der Waals surface area contributed by atoms with Crippen molar-refractivity contribution in [1.29, 1.82) is 0 Å². The van der Waals surface area contributed by atoms with Crippen LogP contribution in [0.25, 0.3) is 0 Å². The molecule has 0 saturated carbocycles. The van der Waals surface area contributed by atoms with Crippen molar-refractivity contribution in [2.75, 3.05) is 30.3 Å². The Labute approximate surface area is 151 Å². The summed E-state index contributed by atoms with van der Waals surface area (Å²) < 4.78 is 40.7. The number of amides is 1. The summed E-state index contributed by atoms with van der Waals surface area (Å²) >= 11 is 5.97. The Morgan fingerprint density at radius 2 is 1.72 bits per heavy atom. The van der Waals surface area contributed by atoms with Crippen molar-refractivity contribution in [3.8, 4) is 0 Å². The molecule has 2 aromatic carbocycles. The molecule has 2 rings (SSSR count). The first-order chi connectivity index (χ1) is 11.7. The van der Waals surface area contributed by atoms with E-state index in [-0.39, 0.29) is 5.69 Å². The number of rotatable bonds is 6. The van der Waals surface area contributed by atoms with E-state index in [4.69, 9.17) is 11.6 Å². The average molecular weight is 386 g/mol. The third-order valence-electron chi connectivity index (χ3n) is 3.30. The Morgan fingerprint density at radius 1 is 1.12 bits per heavy atom. The van der Waals surface area contributed by atoms with E-state index in [9.17, 15) is 17.6 Å². The van der Waals surface area contributed by atoms with Crippen molar-refractivity contribution in [3.05, 3.63) is 59.4 Å². The number of halogens is 2. The van der Waals surface area contributed by atoms with E-state index in [0.29, 0.717) is 15.0 Å². The number of nitrogens with one attached hydrogen (secondary N) is 1. The molecule has 0 heterocycles. The van der Waals surface area contributed by atoms with Crippen molar-refractivity contribution in [2.45, 2.75) is 0 Å². The molecule has 0 aliphatic heterocycles. The van der Waals surface area contributed by atoms with Crippen molar-refractivity contribution in [1.82, 2.24) is 4.31 Å². The highest BCUT2D eigenvalue weighted by molar-refractivity contribution is 7.90. The molecule has 0 radical (unpaired) electrons. The number of benzene rings is 2. The predicted octanol–water partition coefficient (Wildman–Crippen LogP) is 2.73. The van der Waals surface area contributed by atoms with Gasteiger partial charge in [-0.3, -0.25) is 4.79 Å². The van der Waals surface area contributed by atoms with Crippen LogP contribution in [0.15, 0.2) is 48.5 Å². The maximum Gasteiger partial charge on any atom is 0.304 e. The summed E-state index contributed by atoms with van der Waals surface area (Å²) in [6.45, 7) is -0.604. The van der Waals surface area contributed by atoms with Crippen LogP contribution in [0, 0.1) is 5.82 Å². The second-order valence-electron chi connectivity index (χ2n) is 5.28. The van der Waals surface area contributed by atoms with Crippen LogP contribution in [0.4, 0.5) is 15.8 Å². The van der Waals surface area contributed by atoms with Gasteiger partial charge >= 0.3 is 10.2 Å². The number of nitrogens with zero attached hydrogens (tertiary/aromatic N) is 2. The number of carbonyl (C=O) groups is 1. The summed E-state index contributed by atoms with van der Waals surface area (Å²) in [5, 5.41) is 2.83. The normalized spacial score (nSPS) is 11.4. The fourth-order valence-corrected chi connectivity index (χ4v) is 3.28. The van der Waals surface area contributed by atoms with E-state index >= 15 is 0 Å². The lowest BCUT2D eigenvalue weighted by Gasteiger charge is -2.27. The molecule has 0 aliphatic rings. The third kappa shape index (κ3) is 4.47. The zero-order valence-corrected chi connectivity index (χ0v) is 15.2. The van der Waals surface area contributed by atoms with Gasteiger partial charge in [-0.05, 0) is 24.3 Å². The molecule has 9 heteroatoms. The Morgan fingerprint density at radius 3 is 2.32 bits per heavy atom. The van der Waals surface area contributed by atoms with Crippen LogP contribution in [0.2, 0.25) is 5.02 Å². The van der Waals surface area contributed by atoms with Gasteiger partial charge in [-0.25, -0.2) is 8.70 Å². The van der Waals surface area contributed by atoms with Gasteiger partial charge in [-0.2, -0.15) is 12.7 Å². The maximum absolute atomic E-state index is 14.1. The quantitative estimate of drug-likeness (QED) is 0.831. The molecule has 6 nitrogen and oxygen atoms in total. The molecule has 0 bridgehead atoms. The number of hydrogen-bond acceptors (Lipinski definition) is 3. The van der Waals surface area contributed by atoms with E-state index in [0.717, 1.165) is 10.4 Å². The number of hydrogen-bond donors (Lipinski definition) is 1. The van der Waals surface area contributed by atoms with E-state index in [1.165, 1.54) is 32.3 Å². The molecule has 1 N–H and O–H groups in total. The molecular weight excluding hydrogens is 369 g/mol. The minimum atomic E-state index is -4.08. The molecular formula is C16H17ClFN3O3S. The van der Waals surface area contributed by atoms with Gasteiger partial charge in [0.2, 0.25) is 5.91 Å². The second kappa shape index (κ2) is 7.81.